The number of ether oxygens (including phenoxy) is 1. The molecule has 4 heteroatoms. The molecule has 0 atom stereocenters. The third kappa shape index (κ3) is 2.75. The summed E-state index contributed by atoms with van der Waals surface area (Å²) in [7, 11) is 1.43. The Hall–Kier alpha value is -1.71. The Morgan fingerprint density at radius 2 is 2.33 bits per heavy atom. The second-order valence-corrected chi connectivity index (χ2v) is 4.62. The fourth-order valence-electron chi connectivity index (χ4n) is 2.48. The number of methoxy groups -OCH3 is 1. The number of esters is 1. The van der Waals surface area contributed by atoms with Crippen molar-refractivity contribution < 1.29 is 9.53 Å². The number of benzene rings is 1. The molecule has 18 heavy (non-hydrogen) atoms. The molecule has 0 unspecified atom stereocenters. The van der Waals surface area contributed by atoms with E-state index in [4.69, 9.17) is 5.73 Å². The van der Waals surface area contributed by atoms with Crippen molar-refractivity contribution in [1.82, 2.24) is 0 Å². The molecule has 1 aromatic carbocycles. The highest BCUT2D eigenvalue weighted by atomic mass is 16.5. The van der Waals surface area contributed by atoms with E-state index in [1.807, 2.05) is 12.1 Å². The van der Waals surface area contributed by atoms with Crippen LogP contribution in [-0.2, 0) is 16.0 Å². The molecule has 0 radical (unpaired) electrons. The Morgan fingerprint density at radius 1 is 1.50 bits per heavy atom. The average Bonchev–Trinajstić information content (AvgIpc) is 2.39. The SMILES string of the molecule is COC(=O)CCCN1CCCc2c(N)cccc21. The molecule has 1 heterocycles. The van der Waals surface area contributed by atoms with E-state index < -0.39 is 0 Å². The molecular weight excluding hydrogens is 228 g/mol. The third-order valence-corrected chi connectivity index (χ3v) is 3.42. The number of carbonyl (C=O) groups excluding carboxylic acids is 1. The van der Waals surface area contributed by atoms with Gasteiger partial charge in [-0.2, -0.15) is 0 Å². The van der Waals surface area contributed by atoms with Gasteiger partial charge in [0.05, 0.1) is 7.11 Å². The van der Waals surface area contributed by atoms with Crippen LogP contribution in [-0.4, -0.2) is 26.2 Å². The van der Waals surface area contributed by atoms with Gasteiger partial charge in [-0.05, 0) is 37.0 Å². The molecule has 2 N–H and O–H groups in total. The van der Waals surface area contributed by atoms with Crippen LogP contribution in [0.15, 0.2) is 18.2 Å². The van der Waals surface area contributed by atoms with Crippen LogP contribution < -0.4 is 10.6 Å². The van der Waals surface area contributed by atoms with Gasteiger partial charge in [-0.25, -0.2) is 0 Å². The summed E-state index contributed by atoms with van der Waals surface area (Å²) in [5.74, 6) is -0.139. The van der Waals surface area contributed by atoms with Crippen molar-refractivity contribution >= 4 is 17.3 Å². The zero-order chi connectivity index (χ0) is 13.0. The fraction of sp³-hybridized carbons (Fsp3) is 0.500. The second kappa shape index (κ2) is 5.76. The van der Waals surface area contributed by atoms with Gasteiger partial charge in [-0.15, -0.1) is 0 Å². The van der Waals surface area contributed by atoms with E-state index in [0.717, 1.165) is 38.0 Å². The largest absolute Gasteiger partial charge is 0.469 e. The van der Waals surface area contributed by atoms with Crippen LogP contribution in [0.4, 0.5) is 11.4 Å². The Kier molecular flexibility index (Phi) is 4.07. The highest BCUT2D eigenvalue weighted by Gasteiger charge is 2.18. The summed E-state index contributed by atoms with van der Waals surface area (Å²) >= 11 is 0. The summed E-state index contributed by atoms with van der Waals surface area (Å²) in [5.41, 5.74) is 9.36. The van der Waals surface area contributed by atoms with Gasteiger partial charge in [0.2, 0.25) is 0 Å². The maximum atomic E-state index is 11.1. The normalized spacial score (nSPS) is 14.2. The lowest BCUT2D eigenvalue weighted by Gasteiger charge is -2.32. The van der Waals surface area contributed by atoms with E-state index in [9.17, 15) is 4.79 Å². The van der Waals surface area contributed by atoms with Gasteiger partial charge in [0, 0.05) is 30.9 Å². The first-order valence-corrected chi connectivity index (χ1v) is 6.41. The highest BCUT2D eigenvalue weighted by molar-refractivity contribution is 5.69. The molecule has 0 aliphatic carbocycles. The zero-order valence-corrected chi connectivity index (χ0v) is 10.8. The molecular formula is C14H20N2O2. The van der Waals surface area contributed by atoms with Crippen LogP contribution in [0.5, 0.6) is 0 Å². The van der Waals surface area contributed by atoms with Crippen LogP contribution in [0.1, 0.15) is 24.8 Å². The monoisotopic (exact) mass is 248 g/mol. The lowest BCUT2D eigenvalue weighted by Crippen LogP contribution is -2.31. The van der Waals surface area contributed by atoms with Crippen molar-refractivity contribution in [3.05, 3.63) is 23.8 Å². The highest BCUT2D eigenvalue weighted by Crippen LogP contribution is 2.31. The molecule has 0 saturated heterocycles. The summed E-state index contributed by atoms with van der Waals surface area (Å²) < 4.78 is 4.65. The molecule has 0 fully saturated rings. The molecule has 0 aromatic heterocycles. The summed E-state index contributed by atoms with van der Waals surface area (Å²) in [6.45, 7) is 1.92. The minimum atomic E-state index is -0.139. The van der Waals surface area contributed by atoms with Gasteiger partial charge in [0.25, 0.3) is 0 Å². The molecule has 0 saturated carbocycles. The van der Waals surface area contributed by atoms with Crippen molar-refractivity contribution in [3.63, 3.8) is 0 Å². The molecule has 0 amide bonds. The van der Waals surface area contributed by atoms with Crippen LogP contribution in [0.25, 0.3) is 0 Å². The first-order valence-electron chi connectivity index (χ1n) is 6.41. The van der Waals surface area contributed by atoms with E-state index in [1.165, 1.54) is 18.4 Å². The van der Waals surface area contributed by atoms with E-state index in [-0.39, 0.29) is 5.97 Å². The molecule has 0 spiro atoms. The van der Waals surface area contributed by atoms with Crippen molar-refractivity contribution in [1.29, 1.82) is 0 Å². The van der Waals surface area contributed by atoms with Crippen molar-refractivity contribution in [2.24, 2.45) is 0 Å². The summed E-state index contributed by atoms with van der Waals surface area (Å²) in [6, 6.07) is 6.06. The summed E-state index contributed by atoms with van der Waals surface area (Å²) in [4.78, 5) is 13.4. The van der Waals surface area contributed by atoms with Crippen molar-refractivity contribution in [2.45, 2.75) is 25.7 Å². The smallest absolute Gasteiger partial charge is 0.305 e. The lowest BCUT2D eigenvalue weighted by atomic mass is 9.99. The Morgan fingerprint density at radius 3 is 3.11 bits per heavy atom. The summed E-state index contributed by atoms with van der Waals surface area (Å²) in [6.07, 6.45) is 3.47. The minimum Gasteiger partial charge on any atom is -0.469 e. The van der Waals surface area contributed by atoms with E-state index in [1.54, 1.807) is 0 Å². The predicted molar refractivity (Wildman–Crippen MR) is 72.6 cm³/mol. The fourth-order valence-corrected chi connectivity index (χ4v) is 2.48. The molecule has 1 aliphatic heterocycles. The first kappa shape index (κ1) is 12.7. The zero-order valence-electron chi connectivity index (χ0n) is 10.8. The summed E-state index contributed by atoms with van der Waals surface area (Å²) in [5, 5.41) is 0. The number of hydrogen-bond donors (Lipinski definition) is 1. The molecule has 1 aliphatic rings. The number of nitrogens with zero attached hydrogens (tertiary/aromatic N) is 1. The van der Waals surface area contributed by atoms with Crippen LogP contribution in [0.2, 0.25) is 0 Å². The number of nitrogen functional groups attached to an aromatic ring is 1. The van der Waals surface area contributed by atoms with Gasteiger partial charge in [-0.1, -0.05) is 6.07 Å². The van der Waals surface area contributed by atoms with E-state index >= 15 is 0 Å². The van der Waals surface area contributed by atoms with Gasteiger partial charge >= 0.3 is 5.97 Å². The molecule has 2 rings (SSSR count). The molecule has 1 aromatic rings. The first-order chi connectivity index (χ1) is 8.72. The Bertz CT molecular complexity index is 432. The van der Waals surface area contributed by atoms with Crippen LogP contribution >= 0.6 is 0 Å². The number of rotatable bonds is 4. The van der Waals surface area contributed by atoms with E-state index in [2.05, 4.69) is 15.7 Å². The maximum absolute atomic E-state index is 11.1. The number of carbonyl (C=O) groups is 1. The van der Waals surface area contributed by atoms with Crippen molar-refractivity contribution in [2.75, 3.05) is 30.8 Å². The minimum absolute atomic E-state index is 0.139. The number of fused-ring (bicyclic) bond motifs is 1. The third-order valence-electron chi connectivity index (χ3n) is 3.42. The van der Waals surface area contributed by atoms with Gasteiger partial charge in [-0.3, -0.25) is 4.79 Å². The van der Waals surface area contributed by atoms with E-state index in [0.29, 0.717) is 6.42 Å². The second-order valence-electron chi connectivity index (χ2n) is 4.62. The topological polar surface area (TPSA) is 55.6 Å². The quantitative estimate of drug-likeness (QED) is 0.654. The maximum Gasteiger partial charge on any atom is 0.305 e. The van der Waals surface area contributed by atoms with Crippen LogP contribution in [0.3, 0.4) is 0 Å². The molecule has 4 nitrogen and oxygen atoms in total. The standard InChI is InChI=1S/C14H20N2O2/c1-18-14(17)8-4-10-16-9-3-5-11-12(15)6-2-7-13(11)16/h2,6-7H,3-5,8-10,15H2,1H3. The van der Waals surface area contributed by atoms with Crippen LogP contribution in [0, 0.1) is 0 Å². The average molecular weight is 248 g/mol. The van der Waals surface area contributed by atoms with Gasteiger partial charge < -0.3 is 15.4 Å². The Labute approximate surface area is 108 Å². The predicted octanol–water partition coefficient (Wildman–Crippen LogP) is 1.97. The number of hydrogen-bond acceptors (Lipinski definition) is 4. The van der Waals surface area contributed by atoms with Gasteiger partial charge in [0.15, 0.2) is 0 Å². The molecule has 0 bridgehead atoms. The number of nitrogens with two attached hydrogens (primary N) is 1. The van der Waals surface area contributed by atoms with Crippen molar-refractivity contribution in [3.8, 4) is 0 Å². The molecule has 98 valence electrons. The number of anilines is 2. The lowest BCUT2D eigenvalue weighted by molar-refractivity contribution is -0.140. The Balaban J connectivity index is 2.00. The van der Waals surface area contributed by atoms with Gasteiger partial charge in [0.1, 0.15) is 0 Å².